The monoisotopic (exact) mass is 358 g/mol. The smallest absolute Gasteiger partial charge is 0.296 e. The van der Waals surface area contributed by atoms with E-state index in [0.717, 1.165) is 12.1 Å². The van der Waals surface area contributed by atoms with Crippen molar-refractivity contribution < 1.29 is 17.7 Å². The molecule has 0 radical (unpaired) electrons. The minimum absolute atomic E-state index is 0.119. The van der Waals surface area contributed by atoms with Gasteiger partial charge in [0.25, 0.3) is 0 Å². The SMILES string of the molecule is O=c1[nH]c(-c2cc3cccnc3c(-c3ccc(C(F)(F)F)cc3)n2)no1. The molecule has 9 heteroatoms. The van der Waals surface area contributed by atoms with Crippen LogP contribution in [0.25, 0.3) is 33.7 Å². The first-order valence-corrected chi connectivity index (χ1v) is 7.41. The standard InChI is InChI=1S/C17H9F3N4O2/c18-17(19,20)11-5-3-9(4-6-11)14-13-10(2-1-7-21-13)8-12(22-14)15-23-16(25)26-24-15/h1-8H,(H,23,24,25). The fourth-order valence-electron chi connectivity index (χ4n) is 2.56. The lowest BCUT2D eigenvalue weighted by Gasteiger charge is -2.10. The van der Waals surface area contributed by atoms with Crippen LogP contribution in [0.3, 0.4) is 0 Å². The molecule has 3 aromatic heterocycles. The number of nitrogens with zero attached hydrogens (tertiary/aromatic N) is 3. The number of pyridine rings is 2. The van der Waals surface area contributed by atoms with E-state index in [2.05, 4.69) is 24.6 Å². The second kappa shape index (κ2) is 5.80. The Balaban J connectivity index is 1.92. The van der Waals surface area contributed by atoms with Crippen molar-refractivity contribution >= 4 is 10.9 Å². The first-order valence-electron chi connectivity index (χ1n) is 7.41. The number of fused-ring (bicyclic) bond motifs is 1. The summed E-state index contributed by atoms with van der Waals surface area (Å²) in [7, 11) is 0. The molecule has 0 fully saturated rings. The molecule has 130 valence electrons. The molecular weight excluding hydrogens is 349 g/mol. The first kappa shape index (κ1) is 16.0. The summed E-state index contributed by atoms with van der Waals surface area (Å²) in [5, 5.41) is 4.29. The number of nitrogens with one attached hydrogen (secondary N) is 1. The van der Waals surface area contributed by atoms with E-state index in [9.17, 15) is 18.0 Å². The Kier molecular flexibility index (Phi) is 3.57. The number of aromatic nitrogens is 4. The Morgan fingerprint density at radius 1 is 1.08 bits per heavy atom. The average Bonchev–Trinajstić information content (AvgIpc) is 3.06. The van der Waals surface area contributed by atoms with Crippen molar-refractivity contribution in [2.75, 3.05) is 0 Å². The van der Waals surface area contributed by atoms with Crippen LogP contribution in [0.4, 0.5) is 13.2 Å². The molecule has 26 heavy (non-hydrogen) atoms. The number of alkyl halides is 3. The van der Waals surface area contributed by atoms with Gasteiger partial charge < -0.3 is 0 Å². The Morgan fingerprint density at radius 2 is 1.85 bits per heavy atom. The summed E-state index contributed by atoms with van der Waals surface area (Å²) in [4.78, 5) is 22.3. The number of aromatic amines is 1. The zero-order valence-electron chi connectivity index (χ0n) is 12.9. The first-order chi connectivity index (χ1) is 12.4. The van der Waals surface area contributed by atoms with Gasteiger partial charge in [-0.1, -0.05) is 23.4 Å². The normalized spacial score (nSPS) is 11.8. The number of halogens is 3. The van der Waals surface area contributed by atoms with Crippen molar-refractivity contribution in [1.82, 2.24) is 20.1 Å². The van der Waals surface area contributed by atoms with E-state index < -0.39 is 17.5 Å². The predicted molar refractivity (Wildman–Crippen MR) is 86.1 cm³/mol. The second-order valence-corrected chi connectivity index (χ2v) is 5.45. The lowest BCUT2D eigenvalue weighted by Crippen LogP contribution is -2.04. The van der Waals surface area contributed by atoms with Gasteiger partial charge in [-0.3, -0.25) is 14.5 Å². The van der Waals surface area contributed by atoms with Crippen LogP contribution in [-0.2, 0) is 6.18 Å². The molecule has 0 aliphatic rings. The summed E-state index contributed by atoms with van der Waals surface area (Å²) in [6.45, 7) is 0. The van der Waals surface area contributed by atoms with Gasteiger partial charge in [-0.25, -0.2) is 9.78 Å². The molecule has 0 aliphatic heterocycles. The molecule has 1 aromatic carbocycles. The summed E-state index contributed by atoms with van der Waals surface area (Å²) < 4.78 is 42.8. The lowest BCUT2D eigenvalue weighted by molar-refractivity contribution is -0.137. The topological polar surface area (TPSA) is 84.7 Å². The molecule has 3 heterocycles. The maximum absolute atomic E-state index is 12.8. The largest absolute Gasteiger partial charge is 0.439 e. The van der Waals surface area contributed by atoms with Crippen molar-refractivity contribution in [3.8, 4) is 22.8 Å². The van der Waals surface area contributed by atoms with Crippen molar-refractivity contribution in [3.05, 3.63) is 64.8 Å². The van der Waals surface area contributed by atoms with E-state index in [-0.39, 0.29) is 5.82 Å². The number of benzene rings is 1. The molecule has 0 bridgehead atoms. The molecule has 0 amide bonds. The van der Waals surface area contributed by atoms with Crippen LogP contribution in [0.2, 0.25) is 0 Å². The molecule has 0 unspecified atom stereocenters. The van der Waals surface area contributed by atoms with Crippen LogP contribution < -0.4 is 5.76 Å². The highest BCUT2D eigenvalue weighted by molar-refractivity contribution is 5.93. The number of rotatable bonds is 2. The van der Waals surface area contributed by atoms with Crippen LogP contribution in [0, 0.1) is 0 Å². The molecule has 0 saturated heterocycles. The Labute approximate surface area is 143 Å². The molecular formula is C17H9F3N4O2. The summed E-state index contributed by atoms with van der Waals surface area (Å²) in [5.74, 6) is -0.613. The van der Waals surface area contributed by atoms with Gasteiger partial charge in [-0.15, -0.1) is 0 Å². The summed E-state index contributed by atoms with van der Waals surface area (Å²) in [6, 6.07) is 9.77. The fraction of sp³-hybridized carbons (Fsp3) is 0.0588. The van der Waals surface area contributed by atoms with Crippen LogP contribution in [0.5, 0.6) is 0 Å². The van der Waals surface area contributed by atoms with Crippen molar-refractivity contribution in [2.24, 2.45) is 0 Å². The van der Waals surface area contributed by atoms with Crippen LogP contribution in [-0.4, -0.2) is 20.1 Å². The van der Waals surface area contributed by atoms with Gasteiger partial charge in [0.05, 0.1) is 16.8 Å². The summed E-state index contributed by atoms with van der Waals surface area (Å²) in [6.07, 6.45) is -2.86. The van der Waals surface area contributed by atoms with E-state index in [1.54, 1.807) is 24.4 Å². The minimum atomic E-state index is -4.42. The molecule has 1 N–H and O–H groups in total. The molecule has 0 atom stereocenters. The second-order valence-electron chi connectivity index (χ2n) is 5.45. The van der Waals surface area contributed by atoms with E-state index in [1.807, 2.05) is 0 Å². The molecule has 6 nitrogen and oxygen atoms in total. The molecule has 4 rings (SSSR count). The third kappa shape index (κ3) is 2.83. The van der Waals surface area contributed by atoms with Gasteiger partial charge in [0, 0.05) is 17.1 Å². The third-order valence-electron chi connectivity index (χ3n) is 3.76. The van der Waals surface area contributed by atoms with Crippen molar-refractivity contribution in [3.63, 3.8) is 0 Å². The maximum Gasteiger partial charge on any atom is 0.439 e. The van der Waals surface area contributed by atoms with Gasteiger partial charge in [-0.2, -0.15) is 13.2 Å². The van der Waals surface area contributed by atoms with Crippen LogP contribution in [0.15, 0.2) is 58.0 Å². The highest BCUT2D eigenvalue weighted by Gasteiger charge is 2.30. The molecule has 4 aromatic rings. The zero-order valence-corrected chi connectivity index (χ0v) is 12.9. The van der Waals surface area contributed by atoms with E-state index in [4.69, 9.17) is 0 Å². The van der Waals surface area contributed by atoms with E-state index in [0.29, 0.717) is 27.9 Å². The maximum atomic E-state index is 12.8. The van der Waals surface area contributed by atoms with Gasteiger partial charge >= 0.3 is 11.9 Å². The van der Waals surface area contributed by atoms with Crippen molar-refractivity contribution in [2.45, 2.75) is 6.18 Å². The summed E-state index contributed by atoms with van der Waals surface area (Å²) in [5.41, 5.74) is 0.897. The lowest BCUT2D eigenvalue weighted by atomic mass is 10.0. The van der Waals surface area contributed by atoms with Gasteiger partial charge in [0.1, 0.15) is 5.69 Å². The highest BCUT2D eigenvalue weighted by atomic mass is 19.4. The number of hydrogen-bond acceptors (Lipinski definition) is 5. The van der Waals surface area contributed by atoms with Crippen molar-refractivity contribution in [1.29, 1.82) is 0 Å². The average molecular weight is 358 g/mol. The number of hydrogen-bond donors (Lipinski definition) is 1. The van der Waals surface area contributed by atoms with E-state index in [1.165, 1.54) is 12.1 Å². The molecule has 0 saturated carbocycles. The highest BCUT2D eigenvalue weighted by Crippen LogP contribution is 2.33. The fourth-order valence-corrected chi connectivity index (χ4v) is 2.56. The predicted octanol–water partition coefficient (Wildman–Crippen LogP) is 3.66. The van der Waals surface area contributed by atoms with Crippen LogP contribution >= 0.6 is 0 Å². The number of H-pyrrole nitrogens is 1. The zero-order chi connectivity index (χ0) is 18.3. The van der Waals surface area contributed by atoms with Gasteiger partial charge in [0.2, 0.25) is 5.82 Å². The molecule has 0 spiro atoms. The Morgan fingerprint density at radius 3 is 2.50 bits per heavy atom. The molecule has 0 aliphatic carbocycles. The van der Waals surface area contributed by atoms with Gasteiger partial charge in [-0.05, 0) is 24.3 Å². The van der Waals surface area contributed by atoms with Gasteiger partial charge in [0.15, 0.2) is 0 Å². The summed E-state index contributed by atoms with van der Waals surface area (Å²) >= 11 is 0. The minimum Gasteiger partial charge on any atom is -0.296 e. The van der Waals surface area contributed by atoms with Crippen LogP contribution in [0.1, 0.15) is 5.56 Å². The third-order valence-corrected chi connectivity index (χ3v) is 3.76. The Hall–Kier alpha value is -3.49. The van der Waals surface area contributed by atoms with E-state index >= 15 is 0 Å². The Bertz CT molecular complexity index is 1150. The quantitative estimate of drug-likeness (QED) is 0.591.